The van der Waals surface area contributed by atoms with Crippen molar-refractivity contribution in [3.63, 3.8) is 0 Å². The Morgan fingerprint density at radius 3 is 2.01 bits per heavy atom. The largest absolute Gasteiger partial charge is 0.466 e. The van der Waals surface area contributed by atoms with E-state index in [1.54, 1.807) is 59.7 Å². The van der Waals surface area contributed by atoms with E-state index in [9.17, 15) is 39.9 Å². The van der Waals surface area contributed by atoms with Crippen molar-refractivity contribution in [2.24, 2.45) is 23.7 Å². The Labute approximate surface area is 405 Å². The van der Waals surface area contributed by atoms with E-state index in [4.69, 9.17) is 61.9 Å². The maximum atomic E-state index is 13.8. The normalized spacial score (nSPS) is 42.2. The molecule has 0 bridgehead atoms. The highest BCUT2D eigenvalue weighted by molar-refractivity contribution is 7.45. The Morgan fingerprint density at radius 2 is 1.46 bits per heavy atom. The Morgan fingerprint density at radius 1 is 0.855 bits per heavy atom. The number of rotatable bonds is 13. The predicted octanol–water partition coefficient (Wildman–Crippen LogP) is 0.905. The molecule has 0 aromatic rings. The molecule has 0 radical (unpaired) electrons. The molecule has 0 aromatic carbocycles. The number of carbonyl (C=O) groups is 3. The summed E-state index contributed by atoms with van der Waals surface area (Å²) in [7, 11) is 1.79. The monoisotopic (exact) mass is 1010 g/mol. The first-order chi connectivity index (χ1) is 32.1. The van der Waals surface area contributed by atoms with Gasteiger partial charge in [-0.25, -0.2) is 4.57 Å². The summed E-state index contributed by atoms with van der Waals surface area (Å²) in [6, 6.07) is -0.748. The maximum Gasteiger partial charge on any atom is 0.466 e. The van der Waals surface area contributed by atoms with Gasteiger partial charge in [-0.05, 0) is 73.5 Å². The smallest absolute Gasteiger partial charge is 0.462 e. The fraction of sp³-hybridized carbons (Fsp3) is 0.848. The van der Waals surface area contributed by atoms with Crippen LogP contribution in [0, 0.1) is 23.7 Å². The molecule has 0 spiro atoms. The predicted molar refractivity (Wildman–Crippen MR) is 245 cm³/mol. The number of ketones is 1. The average molecular weight is 1010 g/mol. The molecular weight excluding hydrogens is 933 g/mol. The standard InChI is InChI=1S/C46H77NO17.H3O4P/c1-13-33-30(22-58-45-42(57-12)41(56-11)37(52)26(5)60-45)18-23(2)14-15-31(49)24(3)19-29(16-17-48)39(25(4)32(50)20-34(51)62-33)64-44-38(53)36(47(9)10)40(27(6)61-44)63-35-21-46(8,55)43(54)28(7)59-35;1-5(2,3)4/h14-15,17-18,24-30,32-33,35-45,50,52-55H,13,16,19-22H2,1-12H3;(H3,1,2,3,4). The fourth-order valence-corrected chi connectivity index (χ4v) is 9.51. The summed E-state index contributed by atoms with van der Waals surface area (Å²) in [5.41, 5.74) is -0.806. The zero-order valence-electron chi connectivity index (χ0n) is 41.9. The van der Waals surface area contributed by atoms with Crippen LogP contribution in [0.3, 0.4) is 0 Å². The Hall–Kier alpha value is -2.16. The highest BCUT2D eigenvalue weighted by Gasteiger charge is 2.52. The van der Waals surface area contributed by atoms with Gasteiger partial charge in [0.05, 0.1) is 55.2 Å². The topological polar surface area (TPSA) is 316 Å². The number of cyclic esters (lactones) is 1. The number of hydrogen-bond donors (Lipinski definition) is 8. The maximum absolute atomic E-state index is 13.8. The van der Waals surface area contributed by atoms with E-state index in [0.717, 1.165) is 6.29 Å². The van der Waals surface area contributed by atoms with Gasteiger partial charge in [0.15, 0.2) is 24.7 Å². The molecule has 4 aliphatic rings. The van der Waals surface area contributed by atoms with Crippen LogP contribution in [-0.4, -0.2) is 202 Å². The van der Waals surface area contributed by atoms with Crippen molar-refractivity contribution >= 4 is 25.9 Å². The van der Waals surface area contributed by atoms with Crippen LogP contribution in [0.5, 0.6) is 0 Å². The van der Waals surface area contributed by atoms with Crippen molar-refractivity contribution in [2.75, 3.05) is 34.9 Å². The van der Waals surface area contributed by atoms with E-state index in [2.05, 4.69) is 0 Å². The van der Waals surface area contributed by atoms with E-state index in [-0.39, 0.29) is 31.7 Å². The highest BCUT2D eigenvalue weighted by atomic mass is 31.2. The van der Waals surface area contributed by atoms with Gasteiger partial charge in [0.1, 0.15) is 49.0 Å². The fourth-order valence-electron chi connectivity index (χ4n) is 9.51. The van der Waals surface area contributed by atoms with E-state index in [1.165, 1.54) is 27.2 Å². The van der Waals surface area contributed by atoms with Crippen molar-refractivity contribution in [3.8, 4) is 0 Å². The minimum absolute atomic E-state index is 0.00788. The average Bonchev–Trinajstić information content (AvgIpc) is 3.25. The molecule has 0 saturated carbocycles. The first kappa shape index (κ1) is 61.1. The number of esters is 1. The molecule has 69 heavy (non-hydrogen) atoms. The summed E-state index contributed by atoms with van der Waals surface area (Å²) in [6.07, 6.45) is -8.49. The van der Waals surface area contributed by atoms with Crippen LogP contribution in [0.2, 0.25) is 0 Å². The number of aliphatic hydroxyl groups is 5. The number of aliphatic hydroxyl groups excluding tert-OH is 4. The summed E-state index contributed by atoms with van der Waals surface area (Å²) in [5, 5.41) is 55.8. The molecule has 4 heterocycles. The van der Waals surface area contributed by atoms with Crippen LogP contribution in [0.1, 0.15) is 87.5 Å². The van der Waals surface area contributed by atoms with Crippen LogP contribution >= 0.6 is 7.82 Å². The van der Waals surface area contributed by atoms with Gasteiger partial charge in [0.25, 0.3) is 0 Å². The first-order valence-corrected chi connectivity index (χ1v) is 25.0. The van der Waals surface area contributed by atoms with Gasteiger partial charge >= 0.3 is 13.8 Å². The SMILES string of the molecule is CCC1OC(=O)CC(O)C(C)C(OC2OC(C)C(OC3CC(C)(O)C(O)C(C)O3)C(N(C)C)C2O)C(CC=O)CC(C)C(=O)C=CC(C)=CC1COC1OC(C)C(O)C(OC)C1OC.O=P(O)(O)O. The van der Waals surface area contributed by atoms with E-state index in [0.29, 0.717) is 12.0 Å². The molecular formula is C46H80NO21P. The number of methoxy groups -OCH3 is 2. The third kappa shape index (κ3) is 17.5. The van der Waals surface area contributed by atoms with Crippen LogP contribution in [0.25, 0.3) is 0 Å². The molecule has 4 rings (SSSR count). The van der Waals surface area contributed by atoms with Crippen LogP contribution in [-0.2, 0) is 61.6 Å². The van der Waals surface area contributed by atoms with Gasteiger partial charge < -0.3 is 92.5 Å². The Bertz CT molecular complexity index is 1720. The van der Waals surface area contributed by atoms with Gasteiger partial charge in [0, 0.05) is 44.8 Å². The molecule has 21 atom stereocenters. The molecule has 23 heteroatoms. The molecule has 22 nitrogen and oxygen atoms in total. The lowest BCUT2D eigenvalue weighted by Gasteiger charge is -2.50. The van der Waals surface area contributed by atoms with Crippen molar-refractivity contribution < 1.29 is 102 Å². The van der Waals surface area contributed by atoms with Gasteiger partial charge in [-0.3, -0.25) is 9.59 Å². The lowest BCUT2D eigenvalue weighted by molar-refractivity contribution is -0.341. The Balaban J connectivity index is 0.00000239. The van der Waals surface area contributed by atoms with Crippen molar-refractivity contribution in [1.82, 2.24) is 4.90 Å². The van der Waals surface area contributed by atoms with Gasteiger partial charge in [-0.15, -0.1) is 0 Å². The summed E-state index contributed by atoms with van der Waals surface area (Å²) in [5.74, 6) is -3.59. The number of ether oxygens (including phenoxy) is 9. The summed E-state index contributed by atoms with van der Waals surface area (Å²) in [6.45, 7) is 13.6. The number of hydrogen-bond acceptors (Lipinski definition) is 19. The molecule has 400 valence electrons. The molecule has 3 fully saturated rings. The Kier molecular flexibility index (Phi) is 24.1. The number of likely N-dealkylation sites (N-methyl/N-ethyl adjacent to an activating group) is 1. The number of phosphoric acid groups is 1. The number of nitrogens with zero attached hydrogens (tertiary/aromatic N) is 1. The third-order valence-corrected chi connectivity index (χ3v) is 13.4. The van der Waals surface area contributed by atoms with Crippen molar-refractivity contribution in [3.05, 3.63) is 23.8 Å². The van der Waals surface area contributed by atoms with Crippen LogP contribution < -0.4 is 0 Å². The van der Waals surface area contributed by atoms with E-state index in [1.807, 2.05) is 19.9 Å². The van der Waals surface area contributed by atoms with Crippen molar-refractivity contribution in [1.29, 1.82) is 0 Å². The van der Waals surface area contributed by atoms with E-state index >= 15 is 0 Å². The molecule has 21 unspecified atom stereocenters. The number of aldehydes is 1. The van der Waals surface area contributed by atoms with E-state index < -0.39 is 148 Å². The number of carbonyl (C=O) groups excluding carboxylic acids is 3. The minimum atomic E-state index is -4.64. The molecule has 0 amide bonds. The van der Waals surface area contributed by atoms with Gasteiger partial charge in [0.2, 0.25) is 0 Å². The van der Waals surface area contributed by atoms with Crippen LogP contribution in [0.4, 0.5) is 0 Å². The summed E-state index contributed by atoms with van der Waals surface area (Å²) in [4.78, 5) is 63.1. The van der Waals surface area contributed by atoms with Gasteiger partial charge in [-0.1, -0.05) is 38.5 Å². The minimum Gasteiger partial charge on any atom is -0.462 e. The third-order valence-electron chi connectivity index (χ3n) is 13.4. The molecule has 3 saturated heterocycles. The quantitative estimate of drug-likeness (QED) is 0.0722. The lowest BCUT2D eigenvalue weighted by atomic mass is 9.79. The van der Waals surface area contributed by atoms with Crippen LogP contribution in [0.15, 0.2) is 23.8 Å². The second-order valence-corrected chi connectivity index (χ2v) is 20.3. The first-order valence-electron chi connectivity index (χ1n) is 23.5. The molecule has 0 aromatic heterocycles. The van der Waals surface area contributed by atoms with Gasteiger partial charge in [-0.2, -0.15) is 0 Å². The summed E-state index contributed by atoms with van der Waals surface area (Å²) < 4.78 is 63.6. The molecule has 0 aliphatic carbocycles. The molecule has 4 aliphatic heterocycles. The second kappa shape index (κ2) is 27.2. The zero-order chi connectivity index (χ0) is 52.3. The second-order valence-electron chi connectivity index (χ2n) is 19.3. The zero-order valence-corrected chi connectivity index (χ0v) is 42.8. The summed E-state index contributed by atoms with van der Waals surface area (Å²) >= 11 is 0. The lowest BCUT2D eigenvalue weighted by Crippen LogP contribution is -2.65. The highest BCUT2D eigenvalue weighted by Crippen LogP contribution is 2.38. The van der Waals surface area contributed by atoms with Crippen molar-refractivity contribution in [2.45, 2.75) is 191 Å². The number of allylic oxidation sites excluding steroid dienone is 3. The molecule has 8 N–H and O–H groups in total.